The molecule has 0 aliphatic rings. The van der Waals surface area contributed by atoms with E-state index < -0.39 is 0 Å². The molecule has 1 aromatic heterocycles. The lowest BCUT2D eigenvalue weighted by molar-refractivity contribution is 1.30. The van der Waals surface area contributed by atoms with Gasteiger partial charge >= 0.3 is 0 Å². The van der Waals surface area contributed by atoms with E-state index in [2.05, 4.69) is 229 Å². The van der Waals surface area contributed by atoms with E-state index in [0.29, 0.717) is 0 Å². The average molecular weight is 756 g/mol. The Balaban J connectivity index is 1.24. The molecule has 0 spiro atoms. The van der Waals surface area contributed by atoms with Crippen molar-refractivity contribution in [2.45, 2.75) is 0 Å². The number of rotatable bonds is 7. The van der Waals surface area contributed by atoms with Crippen molar-refractivity contribution in [3.63, 3.8) is 0 Å². The summed E-state index contributed by atoms with van der Waals surface area (Å²) >= 11 is 1.86. The molecule has 1 heterocycles. The van der Waals surface area contributed by atoms with Crippen molar-refractivity contribution in [1.82, 2.24) is 0 Å². The summed E-state index contributed by atoms with van der Waals surface area (Å²) in [5.74, 6) is 0. The van der Waals surface area contributed by atoms with Gasteiger partial charge in [0.05, 0.1) is 17.1 Å². The first-order chi connectivity index (χ1) is 28.8. The van der Waals surface area contributed by atoms with Gasteiger partial charge in [0.1, 0.15) is 0 Å². The third kappa shape index (κ3) is 5.69. The van der Waals surface area contributed by atoms with Gasteiger partial charge in [-0.2, -0.15) is 0 Å². The fourth-order valence-corrected chi connectivity index (χ4v) is 10.1. The Hall–Kier alpha value is -7.26. The molecule has 0 bridgehead atoms. The van der Waals surface area contributed by atoms with Gasteiger partial charge in [0.25, 0.3) is 0 Å². The van der Waals surface area contributed by atoms with E-state index in [1.165, 1.54) is 86.2 Å². The molecule has 0 aliphatic carbocycles. The fourth-order valence-electron chi connectivity index (χ4n) is 8.97. The van der Waals surface area contributed by atoms with E-state index in [4.69, 9.17) is 0 Å². The zero-order chi connectivity index (χ0) is 38.4. The molecule has 272 valence electrons. The summed E-state index contributed by atoms with van der Waals surface area (Å²) in [6, 6.07) is 82.1. The Kier molecular flexibility index (Phi) is 8.42. The second-order valence-electron chi connectivity index (χ2n) is 14.8. The highest BCUT2D eigenvalue weighted by Gasteiger charge is 2.25. The molecule has 0 atom stereocenters. The predicted octanol–water partition coefficient (Wildman–Crippen LogP) is 16.5. The summed E-state index contributed by atoms with van der Waals surface area (Å²) in [7, 11) is 0. The van der Waals surface area contributed by atoms with Crippen molar-refractivity contribution in [3.8, 4) is 44.5 Å². The number of para-hydroxylation sites is 2. The number of anilines is 3. The number of hydrogen-bond donors (Lipinski definition) is 0. The van der Waals surface area contributed by atoms with Crippen LogP contribution in [-0.2, 0) is 0 Å². The number of thiophene rings is 1. The molecule has 0 fully saturated rings. The fraction of sp³-hybridized carbons (Fsp3) is 0. The van der Waals surface area contributed by atoms with Crippen LogP contribution in [0.1, 0.15) is 0 Å². The first kappa shape index (κ1) is 34.0. The maximum Gasteiger partial charge on any atom is 0.0555 e. The van der Waals surface area contributed by atoms with Gasteiger partial charge in [0, 0.05) is 31.3 Å². The van der Waals surface area contributed by atoms with Crippen LogP contribution in [0, 0.1) is 0 Å². The Bertz CT molecular complexity index is 3110. The maximum atomic E-state index is 2.54. The Morgan fingerprint density at radius 1 is 0.259 bits per heavy atom. The quantitative estimate of drug-likeness (QED) is 0.157. The normalized spacial score (nSPS) is 11.4. The van der Waals surface area contributed by atoms with Crippen LogP contribution >= 0.6 is 11.3 Å². The molecule has 0 aliphatic heterocycles. The highest BCUT2D eigenvalue weighted by Crippen LogP contribution is 2.51. The monoisotopic (exact) mass is 755 g/mol. The van der Waals surface area contributed by atoms with E-state index in [1.807, 2.05) is 11.3 Å². The van der Waals surface area contributed by atoms with Crippen LogP contribution in [-0.4, -0.2) is 0 Å². The standard InChI is InChI=1S/C56H37NS/c1-3-18-38(19-4-1)42-29-13-22-40-24-15-31-46(54(40)42)44-26-7-10-33-49(44)57(51-35-17-37-53-56(51)48-28-9-12-36-52(48)58-53)50-34-11-8-27-45(50)47-32-16-25-41-23-14-30-43(55(41)47)39-20-5-2-6-21-39/h1-37H. The molecule has 58 heavy (non-hydrogen) atoms. The molecular formula is C56H37NS. The summed E-state index contributed by atoms with van der Waals surface area (Å²) in [6.45, 7) is 0. The van der Waals surface area contributed by atoms with Crippen LogP contribution in [0.25, 0.3) is 86.2 Å². The minimum Gasteiger partial charge on any atom is -0.309 e. The predicted molar refractivity (Wildman–Crippen MR) is 251 cm³/mol. The zero-order valence-electron chi connectivity index (χ0n) is 31.7. The van der Waals surface area contributed by atoms with Gasteiger partial charge in [-0.1, -0.05) is 194 Å². The molecule has 0 saturated heterocycles. The Morgan fingerprint density at radius 2 is 0.655 bits per heavy atom. The molecule has 0 saturated carbocycles. The van der Waals surface area contributed by atoms with Gasteiger partial charge in [0.15, 0.2) is 0 Å². The van der Waals surface area contributed by atoms with Crippen molar-refractivity contribution in [2.75, 3.05) is 4.90 Å². The third-order valence-electron chi connectivity index (χ3n) is 11.5. The SMILES string of the molecule is c1ccc(-c2cccc3cccc(-c4ccccc4N(c4ccccc4-c4cccc5cccc(-c6ccccc6)c45)c4cccc5sc6ccccc6c45)c23)cc1. The van der Waals surface area contributed by atoms with Gasteiger partial charge in [-0.05, 0) is 85.3 Å². The van der Waals surface area contributed by atoms with Crippen molar-refractivity contribution in [2.24, 2.45) is 0 Å². The number of nitrogens with zero attached hydrogens (tertiary/aromatic N) is 1. The van der Waals surface area contributed by atoms with Crippen LogP contribution in [0.2, 0.25) is 0 Å². The van der Waals surface area contributed by atoms with Crippen LogP contribution < -0.4 is 4.90 Å². The first-order valence-electron chi connectivity index (χ1n) is 19.9. The van der Waals surface area contributed by atoms with Crippen molar-refractivity contribution >= 4 is 70.1 Å². The summed E-state index contributed by atoms with van der Waals surface area (Å²) < 4.78 is 2.56. The molecular weight excluding hydrogens is 719 g/mol. The van der Waals surface area contributed by atoms with E-state index in [9.17, 15) is 0 Å². The minimum atomic E-state index is 1.12. The van der Waals surface area contributed by atoms with E-state index in [-0.39, 0.29) is 0 Å². The number of fused-ring (bicyclic) bond motifs is 5. The number of benzene rings is 10. The lowest BCUT2D eigenvalue weighted by Crippen LogP contribution is -2.13. The van der Waals surface area contributed by atoms with Crippen molar-refractivity contribution < 1.29 is 0 Å². The Labute approximate surface area is 342 Å². The molecule has 0 N–H and O–H groups in total. The second-order valence-corrected chi connectivity index (χ2v) is 15.9. The molecule has 1 nitrogen and oxygen atoms in total. The smallest absolute Gasteiger partial charge is 0.0555 e. The van der Waals surface area contributed by atoms with Crippen LogP contribution in [0.15, 0.2) is 224 Å². The van der Waals surface area contributed by atoms with Gasteiger partial charge < -0.3 is 4.90 Å². The van der Waals surface area contributed by atoms with E-state index in [1.54, 1.807) is 0 Å². The lowest BCUT2D eigenvalue weighted by Gasteiger charge is -2.31. The molecule has 0 unspecified atom stereocenters. The molecule has 11 aromatic rings. The molecule has 0 radical (unpaired) electrons. The minimum absolute atomic E-state index is 1.12. The highest BCUT2D eigenvalue weighted by molar-refractivity contribution is 7.26. The molecule has 10 aromatic carbocycles. The van der Waals surface area contributed by atoms with Gasteiger partial charge in [-0.3, -0.25) is 0 Å². The van der Waals surface area contributed by atoms with E-state index >= 15 is 0 Å². The zero-order valence-corrected chi connectivity index (χ0v) is 32.5. The van der Waals surface area contributed by atoms with Gasteiger partial charge in [-0.15, -0.1) is 11.3 Å². The summed E-state index contributed by atoms with van der Waals surface area (Å²) in [4.78, 5) is 2.54. The van der Waals surface area contributed by atoms with Crippen LogP contribution in [0.3, 0.4) is 0 Å². The highest BCUT2D eigenvalue weighted by atomic mass is 32.1. The number of hydrogen-bond acceptors (Lipinski definition) is 2. The topological polar surface area (TPSA) is 3.24 Å². The molecule has 0 amide bonds. The summed E-state index contributed by atoms with van der Waals surface area (Å²) in [5, 5.41) is 7.46. The second kappa shape index (κ2) is 14.4. The van der Waals surface area contributed by atoms with Crippen molar-refractivity contribution in [1.29, 1.82) is 0 Å². The van der Waals surface area contributed by atoms with Crippen LogP contribution in [0.4, 0.5) is 17.1 Å². The van der Waals surface area contributed by atoms with Crippen molar-refractivity contribution in [3.05, 3.63) is 224 Å². The Morgan fingerprint density at radius 3 is 1.21 bits per heavy atom. The average Bonchev–Trinajstić information content (AvgIpc) is 3.69. The van der Waals surface area contributed by atoms with E-state index in [0.717, 1.165) is 17.1 Å². The largest absolute Gasteiger partial charge is 0.309 e. The summed E-state index contributed by atoms with van der Waals surface area (Å²) in [5.41, 5.74) is 13.0. The van der Waals surface area contributed by atoms with Gasteiger partial charge in [0.2, 0.25) is 0 Å². The lowest BCUT2D eigenvalue weighted by atomic mass is 9.89. The molecule has 2 heteroatoms. The molecule has 11 rings (SSSR count). The first-order valence-corrected chi connectivity index (χ1v) is 20.7. The van der Waals surface area contributed by atoms with Gasteiger partial charge in [-0.25, -0.2) is 0 Å². The maximum absolute atomic E-state index is 2.54. The summed E-state index contributed by atoms with van der Waals surface area (Å²) in [6.07, 6.45) is 0. The third-order valence-corrected chi connectivity index (χ3v) is 12.6. The van der Waals surface area contributed by atoms with Crippen LogP contribution in [0.5, 0.6) is 0 Å².